The third-order valence-electron chi connectivity index (χ3n) is 2.93. The molecule has 3 nitrogen and oxygen atoms in total. The van der Waals surface area contributed by atoms with Crippen LogP contribution in [0.25, 0.3) is 11.4 Å². The van der Waals surface area contributed by atoms with Crippen LogP contribution in [0.3, 0.4) is 0 Å². The van der Waals surface area contributed by atoms with Crippen LogP contribution in [0.4, 0.5) is 13.2 Å². The molecule has 2 aromatic rings. The van der Waals surface area contributed by atoms with Gasteiger partial charge in [0.15, 0.2) is 5.82 Å². The molecule has 0 spiro atoms. The lowest BCUT2D eigenvalue weighted by Gasteiger charge is -2.15. The predicted molar refractivity (Wildman–Crippen MR) is 78.1 cm³/mol. The van der Waals surface area contributed by atoms with Crippen LogP contribution in [0.1, 0.15) is 31.3 Å². The van der Waals surface area contributed by atoms with E-state index in [1.165, 1.54) is 6.07 Å². The summed E-state index contributed by atoms with van der Waals surface area (Å²) in [7, 11) is 0. The molecule has 8 heteroatoms. The number of alkyl halides is 4. The molecule has 0 N–H and O–H groups in total. The number of hydrogen-bond donors (Lipinski definition) is 0. The maximum absolute atomic E-state index is 13.0. The van der Waals surface area contributed by atoms with E-state index < -0.39 is 11.7 Å². The van der Waals surface area contributed by atoms with Gasteiger partial charge in [0, 0.05) is 16.1 Å². The zero-order valence-corrected chi connectivity index (χ0v) is 13.6. The summed E-state index contributed by atoms with van der Waals surface area (Å²) in [6.45, 7) is 3.79. The summed E-state index contributed by atoms with van der Waals surface area (Å²) >= 11 is 8.72. The van der Waals surface area contributed by atoms with Gasteiger partial charge in [0.25, 0.3) is 0 Å². The maximum Gasteiger partial charge on any atom is 0.417 e. The third kappa shape index (κ3) is 3.23. The highest BCUT2D eigenvalue weighted by Crippen LogP contribution is 2.37. The molecule has 2 rings (SSSR count). The number of aromatic nitrogens is 3. The highest BCUT2D eigenvalue weighted by molar-refractivity contribution is 9.10. The quantitative estimate of drug-likeness (QED) is 0.696. The van der Waals surface area contributed by atoms with Crippen molar-refractivity contribution >= 4 is 27.5 Å². The summed E-state index contributed by atoms with van der Waals surface area (Å²) in [4.78, 5) is 0. The molecule has 0 fully saturated rings. The van der Waals surface area contributed by atoms with E-state index in [1.54, 1.807) is 10.6 Å². The van der Waals surface area contributed by atoms with Gasteiger partial charge in [0.2, 0.25) is 0 Å². The molecule has 114 valence electrons. The van der Waals surface area contributed by atoms with Gasteiger partial charge < -0.3 is 4.57 Å². The van der Waals surface area contributed by atoms with E-state index in [4.69, 9.17) is 11.6 Å². The van der Waals surface area contributed by atoms with Crippen molar-refractivity contribution in [3.63, 3.8) is 0 Å². The van der Waals surface area contributed by atoms with Crippen molar-refractivity contribution in [1.82, 2.24) is 14.8 Å². The van der Waals surface area contributed by atoms with Crippen molar-refractivity contribution in [2.45, 2.75) is 31.9 Å². The molecule has 0 atom stereocenters. The summed E-state index contributed by atoms with van der Waals surface area (Å²) < 4.78 is 40.7. The van der Waals surface area contributed by atoms with Crippen LogP contribution in [-0.4, -0.2) is 14.8 Å². The van der Waals surface area contributed by atoms with Gasteiger partial charge in [0.05, 0.1) is 11.4 Å². The Morgan fingerprint density at radius 2 is 1.95 bits per heavy atom. The smallest absolute Gasteiger partial charge is 0.307 e. The van der Waals surface area contributed by atoms with Crippen molar-refractivity contribution in [2.24, 2.45) is 0 Å². The van der Waals surface area contributed by atoms with Crippen molar-refractivity contribution < 1.29 is 13.2 Å². The van der Waals surface area contributed by atoms with Crippen LogP contribution in [0.5, 0.6) is 0 Å². The molecule has 0 aliphatic rings. The number of nitrogens with zero attached hydrogens (tertiary/aromatic N) is 3. The Morgan fingerprint density at radius 1 is 1.29 bits per heavy atom. The molecule has 1 aromatic carbocycles. The van der Waals surface area contributed by atoms with Crippen molar-refractivity contribution in [3.05, 3.63) is 34.1 Å². The Kier molecular flexibility index (Phi) is 4.63. The maximum atomic E-state index is 13.0. The minimum atomic E-state index is -4.44. The first-order valence-corrected chi connectivity index (χ1v) is 7.45. The fourth-order valence-corrected chi connectivity index (χ4v) is 2.69. The first-order chi connectivity index (χ1) is 9.75. The lowest BCUT2D eigenvalue weighted by atomic mass is 10.1. The number of hydrogen-bond acceptors (Lipinski definition) is 2. The Morgan fingerprint density at radius 3 is 2.48 bits per heavy atom. The van der Waals surface area contributed by atoms with Crippen molar-refractivity contribution in [3.8, 4) is 11.4 Å². The molecule has 0 unspecified atom stereocenters. The first-order valence-electron chi connectivity index (χ1n) is 6.12. The molecule has 1 aromatic heterocycles. The standard InChI is InChI=1S/C13H12BrClF3N3/c1-7(2)21-11(6-15)19-20-12(21)8-3-4-10(14)9(5-8)13(16,17)18/h3-5,7H,6H2,1-2H3. The lowest BCUT2D eigenvalue weighted by molar-refractivity contribution is -0.138. The minimum Gasteiger partial charge on any atom is -0.307 e. The van der Waals surface area contributed by atoms with Gasteiger partial charge in [-0.2, -0.15) is 13.2 Å². The third-order valence-corrected chi connectivity index (χ3v) is 3.86. The number of halogens is 5. The van der Waals surface area contributed by atoms with Gasteiger partial charge in [-0.15, -0.1) is 21.8 Å². The monoisotopic (exact) mass is 381 g/mol. The van der Waals surface area contributed by atoms with Gasteiger partial charge in [0.1, 0.15) is 5.82 Å². The Hall–Kier alpha value is -1.08. The van der Waals surface area contributed by atoms with E-state index in [9.17, 15) is 13.2 Å². The van der Waals surface area contributed by atoms with Gasteiger partial charge in [-0.3, -0.25) is 0 Å². The van der Waals surface area contributed by atoms with Gasteiger partial charge in [-0.1, -0.05) is 22.0 Å². The van der Waals surface area contributed by atoms with E-state index in [1.807, 2.05) is 13.8 Å². The normalized spacial score (nSPS) is 12.2. The van der Waals surface area contributed by atoms with Gasteiger partial charge in [-0.25, -0.2) is 0 Å². The fraction of sp³-hybridized carbons (Fsp3) is 0.385. The highest BCUT2D eigenvalue weighted by atomic mass is 79.9. The minimum absolute atomic E-state index is 0.00747. The van der Waals surface area contributed by atoms with Crippen LogP contribution >= 0.6 is 27.5 Å². The van der Waals surface area contributed by atoms with E-state index in [2.05, 4.69) is 26.1 Å². The summed E-state index contributed by atoms with van der Waals surface area (Å²) in [5.41, 5.74) is -0.395. The molecule has 0 bridgehead atoms. The summed E-state index contributed by atoms with van der Waals surface area (Å²) in [6, 6.07) is 3.98. The molecular weight excluding hydrogens is 371 g/mol. The summed E-state index contributed by atoms with van der Waals surface area (Å²) in [5.74, 6) is 1.05. The van der Waals surface area contributed by atoms with Crippen molar-refractivity contribution in [1.29, 1.82) is 0 Å². The van der Waals surface area contributed by atoms with E-state index >= 15 is 0 Å². The highest BCUT2D eigenvalue weighted by Gasteiger charge is 2.33. The predicted octanol–water partition coefficient (Wildman–Crippen LogP) is 5.05. The molecule has 1 heterocycles. The van der Waals surface area contributed by atoms with Crippen molar-refractivity contribution in [2.75, 3.05) is 0 Å². The van der Waals surface area contributed by atoms with Crippen LogP contribution in [-0.2, 0) is 12.1 Å². The summed E-state index contributed by atoms with van der Waals surface area (Å²) in [6.07, 6.45) is -4.44. The van der Waals surface area contributed by atoms with Crippen LogP contribution < -0.4 is 0 Å². The second kappa shape index (κ2) is 5.96. The second-order valence-corrected chi connectivity index (χ2v) is 5.85. The summed E-state index contributed by atoms with van der Waals surface area (Å²) in [5, 5.41) is 7.91. The average molecular weight is 383 g/mol. The number of benzene rings is 1. The number of rotatable bonds is 3. The molecular formula is C13H12BrClF3N3. The molecule has 0 saturated heterocycles. The largest absolute Gasteiger partial charge is 0.417 e. The van der Waals surface area contributed by atoms with Crippen LogP contribution in [0.15, 0.2) is 22.7 Å². The SMILES string of the molecule is CC(C)n1c(CCl)nnc1-c1ccc(Br)c(C(F)(F)F)c1. The van der Waals surface area contributed by atoms with E-state index in [-0.39, 0.29) is 16.4 Å². The fourth-order valence-electron chi connectivity index (χ4n) is 2.04. The zero-order valence-electron chi connectivity index (χ0n) is 11.2. The average Bonchev–Trinajstić information content (AvgIpc) is 2.81. The Labute approximate surface area is 133 Å². The lowest BCUT2D eigenvalue weighted by Crippen LogP contribution is -2.09. The van der Waals surface area contributed by atoms with Crippen LogP contribution in [0, 0.1) is 0 Å². The second-order valence-electron chi connectivity index (χ2n) is 4.73. The van der Waals surface area contributed by atoms with Gasteiger partial charge >= 0.3 is 6.18 Å². The molecule has 0 aliphatic carbocycles. The molecule has 0 amide bonds. The van der Waals surface area contributed by atoms with Crippen LogP contribution in [0.2, 0.25) is 0 Å². The topological polar surface area (TPSA) is 30.7 Å². The Bertz CT molecular complexity index is 653. The van der Waals surface area contributed by atoms with E-state index in [0.717, 1.165) is 6.07 Å². The molecule has 0 saturated carbocycles. The molecule has 0 aliphatic heterocycles. The first kappa shape index (κ1) is 16.3. The van der Waals surface area contributed by atoms with Gasteiger partial charge in [-0.05, 0) is 26.0 Å². The molecule has 0 radical (unpaired) electrons. The molecule has 21 heavy (non-hydrogen) atoms. The van der Waals surface area contributed by atoms with E-state index in [0.29, 0.717) is 17.2 Å². The zero-order chi connectivity index (χ0) is 15.8. The Balaban J connectivity index is 2.61.